The molecule has 0 aliphatic carbocycles. The zero-order valence-corrected chi connectivity index (χ0v) is 11.5. The Bertz CT molecular complexity index is 385. The number of anilines is 1. The average Bonchev–Trinajstić information content (AvgIpc) is 2.76. The molecule has 0 bridgehead atoms. The third kappa shape index (κ3) is 2.63. The Morgan fingerprint density at radius 2 is 2.12 bits per heavy atom. The molecule has 0 saturated carbocycles. The van der Waals surface area contributed by atoms with Crippen LogP contribution in [0.1, 0.15) is 37.3 Å². The lowest BCUT2D eigenvalue weighted by Crippen LogP contribution is -2.30. The summed E-state index contributed by atoms with van der Waals surface area (Å²) < 4.78 is 0. The highest BCUT2D eigenvalue weighted by Crippen LogP contribution is 2.30. The monoisotopic (exact) mass is 232 g/mol. The molecule has 1 N–H and O–H groups in total. The first kappa shape index (κ1) is 12.4. The number of nitrogens with zero attached hydrogens (tertiary/aromatic N) is 1. The van der Waals surface area contributed by atoms with Crippen LogP contribution in [0.15, 0.2) is 18.2 Å². The highest BCUT2D eigenvalue weighted by atomic mass is 15.2. The fourth-order valence-corrected chi connectivity index (χ4v) is 2.63. The molecule has 1 aromatic carbocycles. The molecule has 1 atom stereocenters. The van der Waals surface area contributed by atoms with Crippen molar-refractivity contribution in [2.24, 2.45) is 0 Å². The van der Waals surface area contributed by atoms with Gasteiger partial charge in [0, 0.05) is 24.8 Å². The molecule has 1 aliphatic rings. The molecule has 0 unspecified atom stereocenters. The Balaban J connectivity index is 2.27. The van der Waals surface area contributed by atoms with E-state index in [4.69, 9.17) is 0 Å². The minimum atomic E-state index is 0.597. The Hall–Kier alpha value is -1.02. The lowest BCUT2D eigenvalue weighted by molar-refractivity contribution is 0.616. The van der Waals surface area contributed by atoms with E-state index >= 15 is 0 Å². The fraction of sp³-hybridized carbons (Fsp3) is 0.600. The van der Waals surface area contributed by atoms with Crippen LogP contribution in [-0.4, -0.2) is 26.2 Å². The van der Waals surface area contributed by atoms with Crippen molar-refractivity contribution in [3.05, 3.63) is 29.3 Å². The van der Waals surface area contributed by atoms with E-state index in [0.29, 0.717) is 12.0 Å². The quantitative estimate of drug-likeness (QED) is 0.862. The van der Waals surface area contributed by atoms with Crippen LogP contribution in [0, 0.1) is 6.92 Å². The predicted octanol–water partition coefficient (Wildman–Crippen LogP) is 2.92. The molecule has 0 amide bonds. The predicted molar refractivity (Wildman–Crippen MR) is 74.9 cm³/mol. The smallest absolute Gasteiger partial charge is 0.0404 e. The highest BCUT2D eigenvalue weighted by molar-refractivity contribution is 5.57. The summed E-state index contributed by atoms with van der Waals surface area (Å²) in [7, 11) is 2.06. The van der Waals surface area contributed by atoms with Crippen LogP contribution in [0.4, 0.5) is 5.69 Å². The summed E-state index contributed by atoms with van der Waals surface area (Å²) in [4.78, 5) is 2.53. The Labute approximate surface area is 105 Å². The van der Waals surface area contributed by atoms with Gasteiger partial charge < -0.3 is 10.2 Å². The van der Waals surface area contributed by atoms with Gasteiger partial charge in [0.1, 0.15) is 0 Å². The van der Waals surface area contributed by atoms with Gasteiger partial charge in [-0.25, -0.2) is 0 Å². The van der Waals surface area contributed by atoms with E-state index in [9.17, 15) is 0 Å². The van der Waals surface area contributed by atoms with Gasteiger partial charge in [-0.05, 0) is 43.5 Å². The van der Waals surface area contributed by atoms with E-state index in [0.717, 1.165) is 6.54 Å². The van der Waals surface area contributed by atoms with E-state index in [1.807, 2.05) is 0 Å². The zero-order chi connectivity index (χ0) is 12.4. The maximum Gasteiger partial charge on any atom is 0.0404 e. The minimum Gasteiger partial charge on any atom is -0.370 e. The molecule has 2 nitrogen and oxygen atoms in total. The van der Waals surface area contributed by atoms with Crippen LogP contribution >= 0.6 is 0 Å². The van der Waals surface area contributed by atoms with Crippen LogP contribution in [-0.2, 0) is 0 Å². The largest absolute Gasteiger partial charge is 0.370 e. The molecule has 94 valence electrons. The van der Waals surface area contributed by atoms with Gasteiger partial charge in [-0.2, -0.15) is 0 Å². The number of nitrogens with one attached hydrogen (secondary N) is 1. The van der Waals surface area contributed by atoms with E-state index in [1.54, 1.807) is 0 Å². The van der Waals surface area contributed by atoms with Gasteiger partial charge in [-0.1, -0.05) is 26.0 Å². The first-order chi connectivity index (χ1) is 8.11. The molecule has 17 heavy (non-hydrogen) atoms. The Kier molecular flexibility index (Phi) is 3.72. The van der Waals surface area contributed by atoms with Crippen LogP contribution < -0.4 is 10.2 Å². The summed E-state index contributed by atoms with van der Waals surface area (Å²) >= 11 is 0. The Morgan fingerprint density at radius 3 is 2.71 bits per heavy atom. The van der Waals surface area contributed by atoms with Gasteiger partial charge in [0.05, 0.1) is 0 Å². The van der Waals surface area contributed by atoms with E-state index in [2.05, 4.69) is 56.2 Å². The second kappa shape index (κ2) is 5.09. The van der Waals surface area contributed by atoms with E-state index in [-0.39, 0.29) is 0 Å². The van der Waals surface area contributed by atoms with Crippen molar-refractivity contribution in [1.82, 2.24) is 5.32 Å². The molecule has 1 saturated heterocycles. The van der Waals surface area contributed by atoms with Gasteiger partial charge >= 0.3 is 0 Å². The summed E-state index contributed by atoms with van der Waals surface area (Å²) in [5.74, 6) is 0.597. The molecule has 1 aromatic rings. The van der Waals surface area contributed by atoms with Crippen LogP contribution in [0.2, 0.25) is 0 Å². The lowest BCUT2D eigenvalue weighted by Gasteiger charge is -2.24. The Morgan fingerprint density at radius 1 is 1.35 bits per heavy atom. The van der Waals surface area contributed by atoms with Crippen molar-refractivity contribution in [2.75, 3.05) is 25.0 Å². The van der Waals surface area contributed by atoms with Crippen LogP contribution in [0.5, 0.6) is 0 Å². The van der Waals surface area contributed by atoms with Crippen molar-refractivity contribution in [2.45, 2.75) is 39.2 Å². The summed E-state index contributed by atoms with van der Waals surface area (Å²) in [6, 6.07) is 7.51. The summed E-state index contributed by atoms with van der Waals surface area (Å²) in [5.41, 5.74) is 4.28. The summed E-state index contributed by atoms with van der Waals surface area (Å²) in [5, 5.41) is 3.39. The van der Waals surface area contributed by atoms with Gasteiger partial charge in [-0.15, -0.1) is 0 Å². The molecule has 0 radical (unpaired) electrons. The first-order valence-electron chi connectivity index (χ1n) is 6.64. The standard InChI is InChI=1S/C15H24N2/c1-11(2)14-6-5-12(3)9-15(14)17-8-7-13(10-17)16-4/h5-6,9,11,13,16H,7-8,10H2,1-4H3/t13-/m0/s1. The third-order valence-corrected chi connectivity index (χ3v) is 3.75. The molecule has 2 heteroatoms. The maximum atomic E-state index is 3.39. The second-order valence-corrected chi connectivity index (χ2v) is 5.44. The normalized spacial score (nSPS) is 20.3. The summed E-state index contributed by atoms with van der Waals surface area (Å²) in [6.07, 6.45) is 1.25. The lowest BCUT2D eigenvalue weighted by atomic mass is 9.99. The second-order valence-electron chi connectivity index (χ2n) is 5.44. The number of aryl methyl sites for hydroxylation is 1. The maximum absolute atomic E-state index is 3.39. The van der Waals surface area contributed by atoms with Crippen molar-refractivity contribution in [3.8, 4) is 0 Å². The molecular formula is C15H24N2. The summed E-state index contributed by atoms with van der Waals surface area (Å²) in [6.45, 7) is 9.05. The van der Waals surface area contributed by atoms with Gasteiger partial charge in [0.15, 0.2) is 0 Å². The number of likely N-dealkylation sites (N-methyl/N-ethyl adjacent to an activating group) is 1. The molecule has 1 aliphatic heterocycles. The zero-order valence-electron chi connectivity index (χ0n) is 11.5. The van der Waals surface area contributed by atoms with Crippen molar-refractivity contribution in [3.63, 3.8) is 0 Å². The van der Waals surface area contributed by atoms with E-state index < -0.39 is 0 Å². The van der Waals surface area contributed by atoms with Crippen molar-refractivity contribution in [1.29, 1.82) is 0 Å². The molecule has 1 heterocycles. The number of hydrogen-bond acceptors (Lipinski definition) is 2. The van der Waals surface area contributed by atoms with Crippen molar-refractivity contribution < 1.29 is 0 Å². The van der Waals surface area contributed by atoms with Crippen LogP contribution in [0.25, 0.3) is 0 Å². The first-order valence-corrected chi connectivity index (χ1v) is 6.64. The van der Waals surface area contributed by atoms with E-state index in [1.165, 1.54) is 29.8 Å². The van der Waals surface area contributed by atoms with Gasteiger partial charge in [0.25, 0.3) is 0 Å². The molecule has 0 aromatic heterocycles. The topological polar surface area (TPSA) is 15.3 Å². The highest BCUT2D eigenvalue weighted by Gasteiger charge is 2.23. The molecule has 0 spiro atoms. The molecule has 2 rings (SSSR count). The van der Waals surface area contributed by atoms with Gasteiger partial charge in [0.2, 0.25) is 0 Å². The fourth-order valence-electron chi connectivity index (χ4n) is 2.63. The van der Waals surface area contributed by atoms with Crippen molar-refractivity contribution >= 4 is 5.69 Å². The third-order valence-electron chi connectivity index (χ3n) is 3.75. The SMILES string of the molecule is CN[C@H]1CCN(c2cc(C)ccc2C(C)C)C1. The number of rotatable bonds is 3. The number of hydrogen-bond donors (Lipinski definition) is 1. The van der Waals surface area contributed by atoms with Gasteiger partial charge in [-0.3, -0.25) is 0 Å². The average molecular weight is 232 g/mol. The molecule has 1 fully saturated rings. The molecular weight excluding hydrogens is 208 g/mol. The number of benzene rings is 1. The minimum absolute atomic E-state index is 0.597. The van der Waals surface area contributed by atoms with Crippen LogP contribution in [0.3, 0.4) is 0 Å².